The summed E-state index contributed by atoms with van der Waals surface area (Å²) in [5.41, 5.74) is 1.13. The zero-order chi connectivity index (χ0) is 15.4. The van der Waals surface area contributed by atoms with Crippen LogP contribution in [0.2, 0.25) is 0 Å². The first-order chi connectivity index (χ1) is 10.7. The number of halogens is 1. The van der Waals surface area contributed by atoms with Gasteiger partial charge >= 0.3 is 0 Å². The second kappa shape index (κ2) is 6.70. The van der Waals surface area contributed by atoms with Crippen LogP contribution in [0.4, 0.5) is 4.39 Å². The Labute approximate surface area is 128 Å². The highest BCUT2D eigenvalue weighted by atomic mass is 19.1. The molecule has 5 nitrogen and oxygen atoms in total. The third-order valence-electron chi connectivity index (χ3n) is 3.62. The lowest BCUT2D eigenvalue weighted by Gasteiger charge is -2.16. The molecule has 0 amide bonds. The van der Waals surface area contributed by atoms with E-state index in [2.05, 4.69) is 14.9 Å². The molecule has 116 valence electrons. The van der Waals surface area contributed by atoms with Crippen LogP contribution in [0, 0.1) is 5.95 Å². The average molecular weight is 303 g/mol. The van der Waals surface area contributed by atoms with E-state index in [1.54, 1.807) is 19.2 Å². The Bertz CT molecular complexity index is 621. The van der Waals surface area contributed by atoms with Crippen LogP contribution in [0.3, 0.4) is 0 Å². The molecule has 1 aliphatic heterocycles. The minimum atomic E-state index is -0.517. The van der Waals surface area contributed by atoms with Gasteiger partial charge in [-0.2, -0.15) is 9.37 Å². The number of aromatic nitrogens is 2. The molecule has 6 heteroatoms. The van der Waals surface area contributed by atoms with Crippen molar-refractivity contribution in [3.05, 3.63) is 48.0 Å². The minimum Gasteiger partial charge on any atom is -0.481 e. The first-order valence-electron chi connectivity index (χ1n) is 7.23. The van der Waals surface area contributed by atoms with Crippen molar-refractivity contribution < 1.29 is 13.9 Å². The van der Waals surface area contributed by atoms with Crippen molar-refractivity contribution in [1.82, 2.24) is 14.9 Å². The molecule has 1 aliphatic rings. The predicted octanol–water partition coefficient (Wildman–Crippen LogP) is 2.28. The van der Waals surface area contributed by atoms with Crippen molar-refractivity contribution >= 4 is 0 Å². The fourth-order valence-corrected chi connectivity index (χ4v) is 2.55. The molecular weight excluding hydrogens is 285 g/mol. The highest BCUT2D eigenvalue weighted by Gasteiger charge is 2.24. The van der Waals surface area contributed by atoms with E-state index in [9.17, 15) is 4.39 Å². The van der Waals surface area contributed by atoms with E-state index >= 15 is 0 Å². The SMILES string of the molecule is COc1ccc(CN2CCC(Oc3cccc(F)n3)C2)cn1. The van der Waals surface area contributed by atoms with E-state index in [-0.39, 0.29) is 6.10 Å². The predicted molar refractivity (Wildman–Crippen MR) is 79.3 cm³/mol. The molecule has 2 aromatic rings. The van der Waals surface area contributed by atoms with Crippen molar-refractivity contribution in [2.75, 3.05) is 20.2 Å². The van der Waals surface area contributed by atoms with Gasteiger partial charge in [0.1, 0.15) is 6.10 Å². The minimum absolute atomic E-state index is 0.0421. The maximum Gasteiger partial charge on any atom is 0.216 e. The quantitative estimate of drug-likeness (QED) is 0.793. The molecule has 3 heterocycles. The summed E-state index contributed by atoms with van der Waals surface area (Å²) >= 11 is 0. The van der Waals surface area contributed by atoms with Crippen LogP contribution in [0.1, 0.15) is 12.0 Å². The van der Waals surface area contributed by atoms with E-state index < -0.39 is 5.95 Å². The molecule has 0 saturated carbocycles. The van der Waals surface area contributed by atoms with Gasteiger partial charge in [0.25, 0.3) is 0 Å². The zero-order valence-corrected chi connectivity index (χ0v) is 12.4. The lowest BCUT2D eigenvalue weighted by atomic mass is 10.2. The fraction of sp³-hybridized carbons (Fsp3) is 0.375. The number of likely N-dealkylation sites (tertiary alicyclic amines) is 1. The standard InChI is InChI=1S/C16H18FN3O2/c1-21-15-6-5-12(9-18-15)10-20-8-7-13(11-20)22-16-4-2-3-14(17)19-16/h2-6,9,13H,7-8,10-11H2,1H3. The van der Waals surface area contributed by atoms with E-state index in [0.717, 1.165) is 31.6 Å². The third kappa shape index (κ3) is 3.71. The van der Waals surface area contributed by atoms with Crippen molar-refractivity contribution in [1.29, 1.82) is 0 Å². The van der Waals surface area contributed by atoms with Crippen LogP contribution >= 0.6 is 0 Å². The van der Waals surface area contributed by atoms with Gasteiger partial charge in [0.05, 0.1) is 7.11 Å². The van der Waals surface area contributed by atoms with Gasteiger partial charge in [-0.3, -0.25) is 4.90 Å². The molecule has 0 N–H and O–H groups in total. The van der Waals surface area contributed by atoms with Crippen LogP contribution in [0.25, 0.3) is 0 Å². The number of ether oxygens (including phenoxy) is 2. The second-order valence-electron chi connectivity index (χ2n) is 5.27. The Kier molecular flexibility index (Phi) is 4.48. The van der Waals surface area contributed by atoms with Gasteiger partial charge < -0.3 is 9.47 Å². The normalized spacial score (nSPS) is 18.4. The maximum atomic E-state index is 13.0. The van der Waals surface area contributed by atoms with Crippen LogP contribution in [0.15, 0.2) is 36.5 Å². The molecule has 1 unspecified atom stereocenters. The van der Waals surface area contributed by atoms with E-state index in [1.807, 2.05) is 18.3 Å². The molecule has 0 bridgehead atoms. The van der Waals surface area contributed by atoms with Crippen LogP contribution in [0.5, 0.6) is 11.8 Å². The summed E-state index contributed by atoms with van der Waals surface area (Å²) in [5.74, 6) is 0.443. The number of rotatable bonds is 5. The van der Waals surface area contributed by atoms with Gasteiger partial charge in [0, 0.05) is 38.0 Å². The number of hydrogen-bond donors (Lipinski definition) is 0. The topological polar surface area (TPSA) is 47.5 Å². The molecule has 22 heavy (non-hydrogen) atoms. The summed E-state index contributed by atoms with van der Waals surface area (Å²) in [5, 5.41) is 0. The number of methoxy groups -OCH3 is 1. The van der Waals surface area contributed by atoms with Crippen molar-refractivity contribution in [2.24, 2.45) is 0 Å². The molecule has 0 radical (unpaired) electrons. The Hall–Kier alpha value is -2.21. The highest BCUT2D eigenvalue weighted by molar-refractivity contribution is 5.18. The van der Waals surface area contributed by atoms with Gasteiger partial charge in [0.15, 0.2) is 0 Å². The van der Waals surface area contributed by atoms with Crippen LogP contribution in [-0.2, 0) is 6.54 Å². The molecule has 2 aromatic heterocycles. The van der Waals surface area contributed by atoms with Crippen molar-refractivity contribution in [3.63, 3.8) is 0 Å². The summed E-state index contributed by atoms with van der Waals surface area (Å²) in [4.78, 5) is 10.2. The van der Waals surface area contributed by atoms with Crippen LogP contribution in [-0.4, -0.2) is 41.2 Å². The van der Waals surface area contributed by atoms with Crippen LogP contribution < -0.4 is 9.47 Å². The lowest BCUT2D eigenvalue weighted by Crippen LogP contribution is -2.24. The third-order valence-corrected chi connectivity index (χ3v) is 3.62. The lowest BCUT2D eigenvalue weighted by molar-refractivity contribution is 0.189. The van der Waals surface area contributed by atoms with Gasteiger partial charge in [0.2, 0.25) is 17.7 Å². The van der Waals surface area contributed by atoms with E-state index in [0.29, 0.717) is 11.8 Å². The van der Waals surface area contributed by atoms with Gasteiger partial charge in [-0.1, -0.05) is 12.1 Å². The highest BCUT2D eigenvalue weighted by Crippen LogP contribution is 2.19. The molecule has 1 saturated heterocycles. The first kappa shape index (κ1) is 14.7. The van der Waals surface area contributed by atoms with Crippen molar-refractivity contribution in [3.8, 4) is 11.8 Å². The Morgan fingerprint density at radius 2 is 2.18 bits per heavy atom. The summed E-state index contributed by atoms with van der Waals surface area (Å²) in [6.07, 6.45) is 2.77. The Balaban J connectivity index is 1.53. The fourth-order valence-electron chi connectivity index (χ4n) is 2.55. The smallest absolute Gasteiger partial charge is 0.216 e. The Morgan fingerprint density at radius 3 is 2.91 bits per heavy atom. The largest absolute Gasteiger partial charge is 0.481 e. The van der Waals surface area contributed by atoms with Crippen molar-refractivity contribution in [2.45, 2.75) is 19.1 Å². The maximum absolute atomic E-state index is 13.0. The first-order valence-corrected chi connectivity index (χ1v) is 7.23. The molecule has 1 fully saturated rings. The van der Waals surface area contributed by atoms with Gasteiger partial charge in [-0.25, -0.2) is 4.98 Å². The van der Waals surface area contributed by atoms with Gasteiger partial charge in [-0.05, 0) is 18.1 Å². The van der Waals surface area contributed by atoms with E-state index in [4.69, 9.17) is 9.47 Å². The molecule has 0 spiro atoms. The summed E-state index contributed by atoms with van der Waals surface area (Å²) in [6.45, 7) is 2.55. The molecule has 0 aromatic carbocycles. The summed E-state index contributed by atoms with van der Waals surface area (Å²) in [6, 6.07) is 8.46. The number of hydrogen-bond acceptors (Lipinski definition) is 5. The summed E-state index contributed by atoms with van der Waals surface area (Å²) < 4.78 is 23.8. The average Bonchev–Trinajstić information content (AvgIpc) is 2.95. The molecule has 1 atom stereocenters. The van der Waals surface area contributed by atoms with Gasteiger partial charge in [-0.15, -0.1) is 0 Å². The molecule has 0 aliphatic carbocycles. The number of pyridine rings is 2. The van der Waals surface area contributed by atoms with E-state index in [1.165, 1.54) is 6.07 Å². The molecular formula is C16H18FN3O2. The molecule has 3 rings (SSSR count). The zero-order valence-electron chi connectivity index (χ0n) is 12.4. The Morgan fingerprint density at radius 1 is 1.27 bits per heavy atom. The summed E-state index contributed by atoms with van der Waals surface area (Å²) in [7, 11) is 1.60. The monoisotopic (exact) mass is 303 g/mol. The number of nitrogens with zero attached hydrogens (tertiary/aromatic N) is 3. The second-order valence-corrected chi connectivity index (χ2v) is 5.27.